The minimum Gasteiger partial charge on any atom is -0.376 e. The van der Waals surface area contributed by atoms with Crippen LogP contribution in [0.4, 0.5) is 0 Å². The Labute approximate surface area is 100 Å². The van der Waals surface area contributed by atoms with E-state index in [-0.39, 0.29) is 6.10 Å². The standard InChI is InChI=1S/C13H28N2O/c1-3-12-8-6-5-7-9-15(12)11-13(10-14)16-4-2/h12-13H,3-11,14H2,1-2H3. The molecule has 1 aliphatic rings. The lowest BCUT2D eigenvalue weighted by Crippen LogP contribution is -2.43. The van der Waals surface area contributed by atoms with Gasteiger partial charge < -0.3 is 10.5 Å². The topological polar surface area (TPSA) is 38.5 Å². The molecule has 0 amide bonds. The van der Waals surface area contributed by atoms with Crippen molar-refractivity contribution in [3.05, 3.63) is 0 Å². The second kappa shape index (κ2) is 8.04. The van der Waals surface area contributed by atoms with Crippen molar-refractivity contribution >= 4 is 0 Å². The molecule has 0 aromatic carbocycles. The van der Waals surface area contributed by atoms with Crippen LogP contribution in [0.2, 0.25) is 0 Å². The van der Waals surface area contributed by atoms with E-state index in [2.05, 4.69) is 11.8 Å². The molecule has 1 rings (SSSR count). The molecule has 1 saturated heterocycles. The molecule has 2 unspecified atom stereocenters. The summed E-state index contributed by atoms with van der Waals surface area (Å²) in [5.41, 5.74) is 5.75. The van der Waals surface area contributed by atoms with Crippen molar-refractivity contribution in [1.29, 1.82) is 0 Å². The first kappa shape index (κ1) is 13.9. The van der Waals surface area contributed by atoms with Crippen LogP contribution in [0.25, 0.3) is 0 Å². The quantitative estimate of drug-likeness (QED) is 0.756. The molecule has 0 spiro atoms. The summed E-state index contributed by atoms with van der Waals surface area (Å²) in [7, 11) is 0. The first-order chi connectivity index (χ1) is 7.81. The van der Waals surface area contributed by atoms with Gasteiger partial charge in [-0.3, -0.25) is 4.90 Å². The van der Waals surface area contributed by atoms with E-state index in [1.165, 1.54) is 38.6 Å². The van der Waals surface area contributed by atoms with Gasteiger partial charge in [-0.05, 0) is 32.7 Å². The van der Waals surface area contributed by atoms with Crippen molar-refractivity contribution < 1.29 is 4.74 Å². The summed E-state index contributed by atoms with van der Waals surface area (Å²) in [5.74, 6) is 0. The Kier molecular flexibility index (Phi) is 7.01. The zero-order valence-corrected chi connectivity index (χ0v) is 11.0. The lowest BCUT2D eigenvalue weighted by Gasteiger charge is -2.32. The maximum Gasteiger partial charge on any atom is 0.0823 e. The Morgan fingerprint density at radius 1 is 1.31 bits per heavy atom. The summed E-state index contributed by atoms with van der Waals surface area (Å²) in [5, 5.41) is 0. The van der Waals surface area contributed by atoms with Crippen molar-refractivity contribution in [2.24, 2.45) is 5.73 Å². The lowest BCUT2D eigenvalue weighted by molar-refractivity contribution is 0.0274. The number of hydrogen-bond acceptors (Lipinski definition) is 3. The van der Waals surface area contributed by atoms with E-state index in [4.69, 9.17) is 10.5 Å². The van der Waals surface area contributed by atoms with Gasteiger partial charge in [0.1, 0.15) is 0 Å². The van der Waals surface area contributed by atoms with Gasteiger partial charge in [0.05, 0.1) is 6.10 Å². The van der Waals surface area contributed by atoms with E-state index >= 15 is 0 Å². The average Bonchev–Trinajstić information content (AvgIpc) is 2.53. The lowest BCUT2D eigenvalue weighted by atomic mass is 10.1. The van der Waals surface area contributed by atoms with Crippen LogP contribution in [0.3, 0.4) is 0 Å². The minimum absolute atomic E-state index is 0.220. The third-order valence-electron chi connectivity index (χ3n) is 3.57. The van der Waals surface area contributed by atoms with Crippen LogP contribution in [0.5, 0.6) is 0 Å². The van der Waals surface area contributed by atoms with E-state index < -0.39 is 0 Å². The van der Waals surface area contributed by atoms with Gasteiger partial charge in [-0.15, -0.1) is 0 Å². The van der Waals surface area contributed by atoms with Gasteiger partial charge in [0.2, 0.25) is 0 Å². The van der Waals surface area contributed by atoms with E-state index in [1.54, 1.807) is 0 Å². The minimum atomic E-state index is 0.220. The molecule has 2 atom stereocenters. The van der Waals surface area contributed by atoms with Gasteiger partial charge in [-0.1, -0.05) is 19.8 Å². The van der Waals surface area contributed by atoms with Crippen LogP contribution in [0.15, 0.2) is 0 Å². The number of rotatable bonds is 6. The second-order valence-corrected chi connectivity index (χ2v) is 4.72. The highest BCUT2D eigenvalue weighted by atomic mass is 16.5. The number of ether oxygens (including phenoxy) is 1. The van der Waals surface area contributed by atoms with Crippen LogP contribution in [-0.4, -0.2) is 43.3 Å². The molecule has 1 aliphatic heterocycles. The Morgan fingerprint density at radius 3 is 2.75 bits per heavy atom. The third kappa shape index (κ3) is 4.40. The van der Waals surface area contributed by atoms with Gasteiger partial charge in [0, 0.05) is 25.7 Å². The molecule has 16 heavy (non-hydrogen) atoms. The number of hydrogen-bond donors (Lipinski definition) is 1. The maximum absolute atomic E-state index is 5.75. The van der Waals surface area contributed by atoms with Crippen LogP contribution >= 0.6 is 0 Å². The number of nitrogens with two attached hydrogens (primary N) is 1. The average molecular weight is 228 g/mol. The van der Waals surface area contributed by atoms with Gasteiger partial charge in [0.25, 0.3) is 0 Å². The van der Waals surface area contributed by atoms with Crippen LogP contribution in [-0.2, 0) is 4.74 Å². The Bertz CT molecular complexity index is 175. The van der Waals surface area contributed by atoms with Gasteiger partial charge in [0.15, 0.2) is 0 Å². The Morgan fingerprint density at radius 2 is 2.12 bits per heavy atom. The fraction of sp³-hybridized carbons (Fsp3) is 1.00. The smallest absolute Gasteiger partial charge is 0.0823 e. The maximum atomic E-state index is 5.75. The second-order valence-electron chi connectivity index (χ2n) is 4.72. The highest BCUT2D eigenvalue weighted by Gasteiger charge is 2.22. The number of likely N-dealkylation sites (tertiary alicyclic amines) is 1. The molecule has 2 N–H and O–H groups in total. The van der Waals surface area contributed by atoms with Gasteiger partial charge >= 0.3 is 0 Å². The first-order valence-corrected chi connectivity index (χ1v) is 6.87. The van der Waals surface area contributed by atoms with Crippen molar-refractivity contribution in [3.8, 4) is 0 Å². The molecule has 3 nitrogen and oxygen atoms in total. The van der Waals surface area contributed by atoms with Crippen molar-refractivity contribution in [2.45, 2.75) is 58.1 Å². The summed E-state index contributed by atoms with van der Waals surface area (Å²) in [6.45, 7) is 7.99. The molecular formula is C13H28N2O. The number of nitrogens with zero attached hydrogens (tertiary/aromatic N) is 1. The molecule has 96 valence electrons. The summed E-state index contributed by atoms with van der Waals surface area (Å²) >= 11 is 0. The fourth-order valence-corrected chi connectivity index (χ4v) is 2.63. The molecule has 0 aliphatic carbocycles. The molecule has 3 heteroatoms. The normalized spacial score (nSPS) is 25.3. The highest BCUT2D eigenvalue weighted by Crippen LogP contribution is 2.19. The Hall–Kier alpha value is -0.120. The zero-order chi connectivity index (χ0) is 11.8. The summed E-state index contributed by atoms with van der Waals surface area (Å²) < 4.78 is 5.66. The van der Waals surface area contributed by atoms with Crippen molar-refractivity contribution in [3.63, 3.8) is 0 Å². The van der Waals surface area contributed by atoms with E-state index in [9.17, 15) is 0 Å². The predicted octanol–water partition coefficient (Wildman–Crippen LogP) is 2.00. The SMILES string of the molecule is CCOC(CN)CN1CCCCCC1CC. The van der Waals surface area contributed by atoms with E-state index in [1.807, 2.05) is 6.92 Å². The van der Waals surface area contributed by atoms with Crippen molar-refractivity contribution in [2.75, 3.05) is 26.2 Å². The fourth-order valence-electron chi connectivity index (χ4n) is 2.63. The largest absolute Gasteiger partial charge is 0.376 e. The molecule has 1 heterocycles. The molecule has 1 fully saturated rings. The zero-order valence-electron chi connectivity index (χ0n) is 11.0. The third-order valence-corrected chi connectivity index (χ3v) is 3.57. The van der Waals surface area contributed by atoms with E-state index in [0.29, 0.717) is 6.54 Å². The molecular weight excluding hydrogens is 200 g/mol. The summed E-state index contributed by atoms with van der Waals surface area (Å²) in [6.07, 6.45) is 6.92. The molecule has 0 bridgehead atoms. The summed E-state index contributed by atoms with van der Waals surface area (Å²) in [4.78, 5) is 2.60. The van der Waals surface area contributed by atoms with Gasteiger partial charge in [-0.25, -0.2) is 0 Å². The van der Waals surface area contributed by atoms with Crippen LogP contribution in [0.1, 0.15) is 46.0 Å². The Balaban J connectivity index is 2.46. The molecule has 0 aromatic heterocycles. The van der Waals surface area contributed by atoms with Crippen LogP contribution in [0, 0.1) is 0 Å². The van der Waals surface area contributed by atoms with Gasteiger partial charge in [-0.2, -0.15) is 0 Å². The molecule has 0 saturated carbocycles. The predicted molar refractivity (Wildman–Crippen MR) is 68.6 cm³/mol. The molecule has 0 radical (unpaired) electrons. The van der Waals surface area contributed by atoms with Crippen LogP contribution < -0.4 is 5.73 Å². The van der Waals surface area contributed by atoms with Crippen molar-refractivity contribution in [1.82, 2.24) is 4.90 Å². The molecule has 0 aromatic rings. The summed E-state index contributed by atoms with van der Waals surface area (Å²) in [6, 6.07) is 0.747. The highest BCUT2D eigenvalue weighted by molar-refractivity contribution is 4.77. The monoisotopic (exact) mass is 228 g/mol. The first-order valence-electron chi connectivity index (χ1n) is 6.87. The van der Waals surface area contributed by atoms with E-state index in [0.717, 1.165) is 19.2 Å².